The zero-order valence-electron chi connectivity index (χ0n) is 18.1. The first-order valence-corrected chi connectivity index (χ1v) is 11.6. The molecule has 0 saturated carbocycles. The predicted octanol–water partition coefficient (Wildman–Crippen LogP) is 5.08. The number of hydrogen-bond acceptors (Lipinski definition) is 4. The minimum Gasteiger partial charge on any atom is -0.315 e. The normalized spacial score (nSPS) is 25.8. The molecule has 0 radical (unpaired) electrons. The largest absolute Gasteiger partial charge is 0.315 e. The summed E-state index contributed by atoms with van der Waals surface area (Å²) < 4.78 is 0. The van der Waals surface area contributed by atoms with Crippen molar-refractivity contribution in [3.05, 3.63) is 16.0 Å². The van der Waals surface area contributed by atoms with Crippen LogP contribution in [0.2, 0.25) is 0 Å². The van der Waals surface area contributed by atoms with Crippen molar-refractivity contribution in [2.24, 2.45) is 23.2 Å². The Labute approximate surface area is 174 Å². The van der Waals surface area contributed by atoms with Crippen LogP contribution in [-0.2, 0) is 17.6 Å². The smallest absolute Gasteiger partial charge is 0.239 e. The first-order chi connectivity index (χ1) is 13.2. The molecule has 2 aliphatic rings. The van der Waals surface area contributed by atoms with Crippen LogP contribution in [0.3, 0.4) is 0 Å². The van der Waals surface area contributed by atoms with Crippen LogP contribution in [0.1, 0.15) is 69.9 Å². The minimum absolute atomic E-state index is 0.0156. The van der Waals surface area contributed by atoms with Crippen molar-refractivity contribution in [1.29, 1.82) is 5.26 Å². The molecule has 1 aromatic heterocycles. The molecular weight excluding hydrogens is 366 g/mol. The zero-order valence-corrected chi connectivity index (χ0v) is 18.9. The second-order valence-corrected chi connectivity index (χ2v) is 10.9. The Hall–Kier alpha value is -1.38. The summed E-state index contributed by atoms with van der Waals surface area (Å²) in [6, 6.07) is 2.38. The Bertz CT molecular complexity index is 751. The van der Waals surface area contributed by atoms with Gasteiger partial charge in [0.1, 0.15) is 11.1 Å². The number of rotatable bonds is 5. The van der Waals surface area contributed by atoms with Crippen LogP contribution >= 0.6 is 11.3 Å². The highest BCUT2D eigenvalue weighted by molar-refractivity contribution is 7.16. The van der Waals surface area contributed by atoms with Crippen molar-refractivity contribution in [3.63, 3.8) is 0 Å². The van der Waals surface area contributed by atoms with Gasteiger partial charge < -0.3 is 5.32 Å². The number of fused-ring (bicyclic) bond motifs is 1. The molecule has 1 aromatic rings. The molecule has 154 valence electrons. The molecule has 1 N–H and O–H groups in total. The van der Waals surface area contributed by atoms with Crippen LogP contribution in [0, 0.1) is 34.5 Å². The van der Waals surface area contributed by atoms with Crippen molar-refractivity contribution in [2.75, 3.05) is 25.0 Å². The summed E-state index contributed by atoms with van der Waals surface area (Å²) in [5.41, 5.74) is 2.21. The lowest BCUT2D eigenvalue weighted by Gasteiger charge is -2.36. The number of amides is 1. The molecule has 3 rings (SSSR count). The molecule has 0 bridgehead atoms. The van der Waals surface area contributed by atoms with Crippen LogP contribution in [0.4, 0.5) is 5.00 Å². The van der Waals surface area contributed by atoms with E-state index in [0.717, 1.165) is 37.4 Å². The molecule has 1 aliphatic carbocycles. The Kier molecular flexibility index (Phi) is 6.51. The van der Waals surface area contributed by atoms with Gasteiger partial charge in [0.2, 0.25) is 5.91 Å². The lowest BCUT2D eigenvalue weighted by molar-refractivity contribution is -0.117. The molecule has 2 heterocycles. The third-order valence-electron chi connectivity index (χ3n) is 6.96. The third kappa shape index (κ3) is 4.60. The molecule has 3 atom stereocenters. The lowest BCUT2D eigenvalue weighted by Crippen LogP contribution is -2.42. The van der Waals surface area contributed by atoms with Gasteiger partial charge in [-0.1, -0.05) is 41.0 Å². The summed E-state index contributed by atoms with van der Waals surface area (Å²) >= 11 is 1.64. The van der Waals surface area contributed by atoms with E-state index >= 15 is 0 Å². The maximum absolute atomic E-state index is 12.7. The SMILES string of the molecule is CCC(C)(C)C1CCc2c(sc(NC(=O)CN3CC(C)CC(C)C3)c2C#N)C1. The first kappa shape index (κ1) is 21.3. The fraction of sp³-hybridized carbons (Fsp3) is 0.739. The Morgan fingerprint density at radius 2 is 2.00 bits per heavy atom. The van der Waals surface area contributed by atoms with Gasteiger partial charge in [-0.25, -0.2) is 0 Å². The van der Waals surface area contributed by atoms with E-state index in [2.05, 4.69) is 50.9 Å². The molecule has 0 spiro atoms. The summed E-state index contributed by atoms with van der Waals surface area (Å²) in [6.07, 6.45) is 5.53. The summed E-state index contributed by atoms with van der Waals surface area (Å²) in [5, 5.41) is 13.6. The Morgan fingerprint density at radius 1 is 1.32 bits per heavy atom. The van der Waals surface area contributed by atoms with Crippen molar-refractivity contribution >= 4 is 22.2 Å². The van der Waals surface area contributed by atoms with E-state index in [1.807, 2.05) is 0 Å². The first-order valence-electron chi connectivity index (χ1n) is 10.8. The van der Waals surface area contributed by atoms with E-state index in [4.69, 9.17) is 0 Å². The number of anilines is 1. The van der Waals surface area contributed by atoms with Crippen molar-refractivity contribution in [2.45, 2.75) is 66.7 Å². The fourth-order valence-electron chi connectivity index (χ4n) is 5.04. The van der Waals surface area contributed by atoms with Crippen molar-refractivity contribution in [1.82, 2.24) is 4.90 Å². The molecule has 1 saturated heterocycles. The zero-order chi connectivity index (χ0) is 20.5. The highest BCUT2D eigenvalue weighted by Crippen LogP contribution is 2.45. The van der Waals surface area contributed by atoms with Gasteiger partial charge in [0.25, 0.3) is 0 Å². The van der Waals surface area contributed by atoms with E-state index in [0.29, 0.717) is 35.3 Å². The van der Waals surface area contributed by atoms with Gasteiger partial charge in [0, 0.05) is 18.0 Å². The van der Waals surface area contributed by atoms with E-state index < -0.39 is 0 Å². The van der Waals surface area contributed by atoms with Gasteiger partial charge in [0.15, 0.2) is 0 Å². The van der Waals surface area contributed by atoms with E-state index in [-0.39, 0.29) is 5.91 Å². The quantitative estimate of drug-likeness (QED) is 0.749. The number of nitriles is 1. The highest BCUT2D eigenvalue weighted by Gasteiger charge is 2.34. The molecule has 3 unspecified atom stereocenters. The maximum atomic E-state index is 12.7. The summed E-state index contributed by atoms with van der Waals surface area (Å²) in [7, 11) is 0. The van der Waals surface area contributed by atoms with Gasteiger partial charge in [0.05, 0.1) is 12.1 Å². The molecule has 4 nitrogen and oxygen atoms in total. The summed E-state index contributed by atoms with van der Waals surface area (Å²) in [4.78, 5) is 16.3. The highest BCUT2D eigenvalue weighted by atomic mass is 32.1. The number of hydrogen-bond donors (Lipinski definition) is 1. The van der Waals surface area contributed by atoms with Crippen LogP contribution in [0.5, 0.6) is 0 Å². The van der Waals surface area contributed by atoms with Gasteiger partial charge in [-0.2, -0.15) is 5.26 Å². The van der Waals surface area contributed by atoms with E-state index in [9.17, 15) is 10.1 Å². The molecule has 5 heteroatoms. The van der Waals surface area contributed by atoms with E-state index in [1.165, 1.54) is 23.3 Å². The average molecular weight is 402 g/mol. The monoisotopic (exact) mass is 401 g/mol. The van der Waals surface area contributed by atoms with Gasteiger partial charge in [-0.05, 0) is 54.4 Å². The molecule has 1 aliphatic heterocycles. The number of carbonyl (C=O) groups is 1. The Balaban J connectivity index is 1.70. The molecule has 1 fully saturated rings. The standard InChI is InChI=1S/C23H35N3OS/c1-6-23(4,5)17-7-8-18-19(11-24)22(28-20(18)10-17)25-21(27)14-26-12-15(2)9-16(3)13-26/h15-17H,6-10,12-14H2,1-5H3,(H,25,27). The predicted molar refractivity (Wildman–Crippen MR) is 117 cm³/mol. The Morgan fingerprint density at radius 3 is 2.61 bits per heavy atom. The second kappa shape index (κ2) is 8.55. The number of thiophene rings is 1. The molecule has 1 amide bonds. The number of likely N-dealkylation sites (tertiary alicyclic amines) is 1. The van der Waals surface area contributed by atoms with Gasteiger partial charge in [-0.15, -0.1) is 11.3 Å². The van der Waals surface area contributed by atoms with Crippen molar-refractivity contribution < 1.29 is 4.79 Å². The van der Waals surface area contributed by atoms with Crippen LogP contribution in [-0.4, -0.2) is 30.4 Å². The third-order valence-corrected chi connectivity index (χ3v) is 8.13. The number of carbonyl (C=O) groups excluding carboxylic acids is 1. The van der Waals surface area contributed by atoms with Gasteiger partial charge in [-0.3, -0.25) is 9.69 Å². The van der Waals surface area contributed by atoms with Crippen LogP contribution < -0.4 is 5.32 Å². The number of nitrogens with zero attached hydrogens (tertiary/aromatic N) is 2. The maximum Gasteiger partial charge on any atom is 0.239 e. The lowest BCUT2D eigenvalue weighted by atomic mass is 9.69. The van der Waals surface area contributed by atoms with Crippen molar-refractivity contribution in [3.8, 4) is 6.07 Å². The second-order valence-electron chi connectivity index (χ2n) is 9.79. The van der Waals surface area contributed by atoms with Crippen LogP contribution in [0.25, 0.3) is 0 Å². The van der Waals surface area contributed by atoms with E-state index in [1.54, 1.807) is 11.3 Å². The average Bonchev–Trinajstić information content (AvgIpc) is 2.96. The molecule has 28 heavy (non-hydrogen) atoms. The fourth-order valence-corrected chi connectivity index (χ4v) is 6.33. The minimum atomic E-state index is 0.0156. The summed E-state index contributed by atoms with van der Waals surface area (Å²) in [6.45, 7) is 13.9. The number of nitrogens with one attached hydrogen (secondary N) is 1. The molecular formula is C23H35N3OS. The topological polar surface area (TPSA) is 56.1 Å². The van der Waals surface area contributed by atoms with Crippen LogP contribution in [0.15, 0.2) is 0 Å². The van der Waals surface area contributed by atoms with Gasteiger partial charge >= 0.3 is 0 Å². The number of piperidine rings is 1. The molecule has 0 aromatic carbocycles. The summed E-state index contributed by atoms with van der Waals surface area (Å²) in [5.74, 6) is 1.94.